The molecule has 10 heteroatoms. The predicted molar refractivity (Wildman–Crippen MR) is 197 cm³/mol. The largest absolute Gasteiger partial charge is 0.491 e. The average molecular weight is 704 g/mol. The maximum atomic E-state index is 13.7. The first-order valence-corrected chi connectivity index (χ1v) is 20.4. The molecule has 0 bridgehead atoms. The molecule has 0 saturated carbocycles. The second-order valence-corrected chi connectivity index (χ2v) is 21.0. The summed E-state index contributed by atoms with van der Waals surface area (Å²) < 4.78 is 36.8. The van der Waals surface area contributed by atoms with E-state index in [4.69, 9.17) is 28.1 Å². The van der Waals surface area contributed by atoms with Crippen LogP contribution in [0.1, 0.15) is 77.7 Å². The molecule has 0 aliphatic carbocycles. The van der Waals surface area contributed by atoms with Crippen LogP contribution in [0.4, 0.5) is 4.79 Å². The lowest BCUT2D eigenvalue weighted by molar-refractivity contribution is -0.127. The van der Waals surface area contributed by atoms with Gasteiger partial charge in [-0.05, 0) is 105 Å². The number of hydrogen-bond donors (Lipinski definition) is 0. The van der Waals surface area contributed by atoms with Crippen LogP contribution >= 0.6 is 0 Å². The topological polar surface area (TPSA) is 92.8 Å². The number of cyclic esters (lactones) is 1. The number of fused-ring (bicyclic) bond motifs is 2. The minimum absolute atomic E-state index is 0.0294. The second-order valence-electron chi connectivity index (χ2n) is 16.2. The zero-order chi connectivity index (χ0) is 36.5. The number of benzene rings is 3. The molecule has 1 amide bonds. The molecule has 1 unspecified atom stereocenters. The maximum absolute atomic E-state index is 13.7. The molecule has 0 aromatic heterocycles. The smallest absolute Gasteiger partial charge is 0.410 e. The van der Waals surface area contributed by atoms with Gasteiger partial charge < -0.3 is 33.0 Å². The Balaban J connectivity index is 1.34. The average Bonchev–Trinajstić information content (AvgIpc) is 3.01. The Labute approximate surface area is 298 Å². The summed E-state index contributed by atoms with van der Waals surface area (Å²) in [5.74, 6) is 0.621. The Morgan fingerprint density at radius 3 is 2.30 bits per heavy atom. The Morgan fingerprint density at radius 2 is 1.62 bits per heavy atom. The molecular formula is C40H53NO8Si. The van der Waals surface area contributed by atoms with E-state index in [2.05, 4.69) is 39.9 Å². The predicted octanol–water partition coefficient (Wildman–Crippen LogP) is 9.04. The molecule has 270 valence electrons. The lowest BCUT2D eigenvalue weighted by Gasteiger charge is -2.41. The number of rotatable bonds is 10. The third-order valence-electron chi connectivity index (χ3n) is 9.27. The van der Waals surface area contributed by atoms with E-state index in [0.29, 0.717) is 31.0 Å². The highest BCUT2D eigenvalue weighted by Crippen LogP contribution is 2.39. The summed E-state index contributed by atoms with van der Waals surface area (Å²) in [5, 5.41) is -0.0294. The van der Waals surface area contributed by atoms with E-state index in [1.54, 1.807) is 24.8 Å². The molecule has 0 fully saturated rings. The van der Waals surface area contributed by atoms with Gasteiger partial charge in [-0.2, -0.15) is 0 Å². The molecule has 3 aromatic carbocycles. The van der Waals surface area contributed by atoms with Gasteiger partial charge in [0, 0.05) is 13.8 Å². The number of hydrogen-bond acceptors (Lipinski definition) is 8. The van der Waals surface area contributed by atoms with Gasteiger partial charge in [0.25, 0.3) is 0 Å². The van der Waals surface area contributed by atoms with Gasteiger partial charge in [0.1, 0.15) is 41.1 Å². The molecule has 2 heterocycles. The first-order chi connectivity index (χ1) is 23.3. The molecule has 50 heavy (non-hydrogen) atoms. The third-order valence-corrected chi connectivity index (χ3v) is 13.8. The molecule has 0 radical (unpaired) electrons. The van der Waals surface area contributed by atoms with Gasteiger partial charge in [0.15, 0.2) is 8.32 Å². The Morgan fingerprint density at radius 1 is 0.940 bits per heavy atom. The van der Waals surface area contributed by atoms with Crippen molar-refractivity contribution in [1.82, 2.24) is 4.90 Å². The Bertz CT molecular complexity index is 1670. The van der Waals surface area contributed by atoms with Gasteiger partial charge in [0.05, 0.1) is 19.2 Å². The highest BCUT2D eigenvalue weighted by molar-refractivity contribution is 6.74. The van der Waals surface area contributed by atoms with E-state index in [0.717, 1.165) is 41.0 Å². The molecular weight excluding hydrogens is 651 g/mol. The molecule has 0 saturated heterocycles. The van der Waals surface area contributed by atoms with Crippen molar-refractivity contribution in [3.63, 3.8) is 0 Å². The quantitative estimate of drug-likeness (QED) is 0.153. The number of para-hydroxylation sites is 1. The van der Waals surface area contributed by atoms with Gasteiger partial charge in [-0.1, -0.05) is 51.1 Å². The normalized spacial score (nSPS) is 17.6. The van der Waals surface area contributed by atoms with Crippen molar-refractivity contribution in [3.8, 4) is 28.4 Å². The summed E-state index contributed by atoms with van der Waals surface area (Å²) in [6.07, 6.45) is 0.465. The summed E-state index contributed by atoms with van der Waals surface area (Å²) in [6, 6.07) is 21.3. The van der Waals surface area contributed by atoms with E-state index < -0.39 is 31.8 Å². The number of amides is 1. The van der Waals surface area contributed by atoms with Gasteiger partial charge in [0.2, 0.25) is 5.79 Å². The fourth-order valence-electron chi connectivity index (χ4n) is 5.74. The number of nitrogens with zero attached hydrogens (tertiary/aromatic N) is 1. The van der Waals surface area contributed by atoms with Crippen LogP contribution in [-0.4, -0.2) is 68.6 Å². The van der Waals surface area contributed by atoms with Gasteiger partial charge >= 0.3 is 12.1 Å². The zero-order valence-electron chi connectivity index (χ0n) is 31.3. The van der Waals surface area contributed by atoms with E-state index >= 15 is 0 Å². The summed E-state index contributed by atoms with van der Waals surface area (Å²) in [4.78, 5) is 27.9. The van der Waals surface area contributed by atoms with E-state index in [1.807, 2.05) is 75.4 Å². The first-order valence-electron chi connectivity index (χ1n) is 17.5. The van der Waals surface area contributed by atoms with Crippen molar-refractivity contribution in [1.29, 1.82) is 0 Å². The van der Waals surface area contributed by atoms with Crippen LogP contribution in [0.25, 0.3) is 11.1 Å². The standard InChI is InChI=1S/C40H53NO8Si/c1-38(2,3)48-37(43)41(25-32(49-50(9,10)39(4,5)6)26-44-30-14-12-11-13-15-30)24-31-19-16-29-22-27(18-21-34(29)45-31)28-17-20-33-35(23-28)46-40(7,8)47-36(33)42/h11-15,17-18,20-23,31-32H,16,19,24-26H2,1-10H3/t31-,32?/m0/s1. The Hall–Kier alpha value is -4.02. The minimum Gasteiger partial charge on any atom is -0.491 e. The lowest BCUT2D eigenvalue weighted by Crippen LogP contribution is -2.52. The van der Waals surface area contributed by atoms with Crippen molar-refractivity contribution in [2.24, 2.45) is 0 Å². The highest BCUT2D eigenvalue weighted by atomic mass is 28.4. The monoisotopic (exact) mass is 703 g/mol. The van der Waals surface area contributed by atoms with Gasteiger partial charge in [-0.25, -0.2) is 9.59 Å². The van der Waals surface area contributed by atoms with Crippen LogP contribution in [0, 0.1) is 0 Å². The molecule has 3 aromatic rings. The van der Waals surface area contributed by atoms with Crippen LogP contribution in [0.15, 0.2) is 66.7 Å². The molecule has 9 nitrogen and oxygen atoms in total. The number of esters is 1. The number of carbonyl (C=O) groups is 2. The minimum atomic E-state index is -2.23. The van der Waals surface area contributed by atoms with Crippen molar-refractivity contribution in [3.05, 3.63) is 77.9 Å². The molecule has 2 aliphatic rings. The second kappa shape index (κ2) is 14.3. The van der Waals surface area contributed by atoms with Crippen LogP contribution in [0.2, 0.25) is 18.1 Å². The van der Waals surface area contributed by atoms with E-state index in [1.165, 1.54) is 0 Å². The van der Waals surface area contributed by atoms with Gasteiger partial charge in [-0.15, -0.1) is 0 Å². The highest BCUT2D eigenvalue weighted by Gasteiger charge is 2.41. The van der Waals surface area contributed by atoms with E-state index in [-0.39, 0.29) is 17.2 Å². The summed E-state index contributed by atoms with van der Waals surface area (Å²) in [7, 11) is -2.23. The van der Waals surface area contributed by atoms with Crippen molar-refractivity contribution in [2.75, 3.05) is 19.7 Å². The van der Waals surface area contributed by atoms with Crippen LogP contribution in [-0.2, 0) is 20.3 Å². The molecule has 5 rings (SSSR count). The molecule has 0 spiro atoms. The zero-order valence-corrected chi connectivity index (χ0v) is 32.3. The SMILES string of the molecule is CC(C)(C)OC(=O)N(CC(COc1ccccc1)O[Si](C)(C)C(C)(C)C)C[C@@H]1CCc2cc(-c3ccc4c(c3)OC(C)(C)OC4=O)ccc2O1. The molecule has 2 aliphatic heterocycles. The summed E-state index contributed by atoms with van der Waals surface area (Å²) in [6.45, 7) is 21.0. The summed E-state index contributed by atoms with van der Waals surface area (Å²) in [5.41, 5.74) is 2.75. The van der Waals surface area contributed by atoms with Crippen LogP contribution in [0.3, 0.4) is 0 Å². The van der Waals surface area contributed by atoms with Gasteiger partial charge in [-0.3, -0.25) is 0 Å². The fraction of sp³-hybridized carbons (Fsp3) is 0.500. The first kappa shape index (κ1) is 37.2. The molecule has 0 N–H and O–H groups in total. The Kier molecular flexibility index (Phi) is 10.7. The molecule has 2 atom stereocenters. The maximum Gasteiger partial charge on any atom is 0.410 e. The number of aryl methyl sites for hydroxylation is 1. The number of ether oxygens (including phenoxy) is 5. The van der Waals surface area contributed by atoms with Crippen LogP contribution in [0.5, 0.6) is 17.2 Å². The van der Waals surface area contributed by atoms with Crippen LogP contribution < -0.4 is 14.2 Å². The third kappa shape index (κ3) is 9.40. The number of carbonyl (C=O) groups excluding carboxylic acids is 2. The van der Waals surface area contributed by atoms with Crippen molar-refractivity contribution < 1.29 is 37.7 Å². The van der Waals surface area contributed by atoms with E-state index in [9.17, 15) is 9.59 Å². The fourth-order valence-corrected chi connectivity index (χ4v) is 7.07. The summed E-state index contributed by atoms with van der Waals surface area (Å²) >= 11 is 0. The van der Waals surface area contributed by atoms with Crippen molar-refractivity contribution >= 4 is 20.4 Å². The van der Waals surface area contributed by atoms with Crippen molar-refractivity contribution in [2.45, 2.75) is 110 Å². The lowest BCUT2D eigenvalue weighted by atomic mass is 9.96.